The van der Waals surface area contributed by atoms with Gasteiger partial charge in [0.1, 0.15) is 28.7 Å². The molecule has 3 aromatic rings. The molecule has 1 fully saturated rings. The van der Waals surface area contributed by atoms with Crippen molar-refractivity contribution in [3.05, 3.63) is 58.0 Å². The topological polar surface area (TPSA) is 174 Å². The molecule has 1 saturated heterocycles. The molecule has 204 valence electrons. The van der Waals surface area contributed by atoms with Gasteiger partial charge in [-0.3, -0.25) is 14.5 Å². The average molecular weight is 574 g/mol. The molecule has 0 bridgehead atoms. The summed E-state index contributed by atoms with van der Waals surface area (Å²) in [4.78, 5) is 56.7. The number of fused-ring (bicyclic) bond motifs is 2. The van der Waals surface area contributed by atoms with E-state index in [0.29, 0.717) is 35.0 Å². The molecule has 16 heteroatoms. The zero-order chi connectivity index (χ0) is 27.7. The lowest BCUT2D eigenvalue weighted by Gasteiger charge is -2.49. The van der Waals surface area contributed by atoms with E-state index in [2.05, 4.69) is 20.7 Å². The third kappa shape index (κ3) is 5.04. The van der Waals surface area contributed by atoms with Gasteiger partial charge in [-0.1, -0.05) is 12.1 Å². The molecule has 2 aliphatic heterocycles. The highest BCUT2D eigenvalue weighted by Crippen LogP contribution is 2.41. The van der Waals surface area contributed by atoms with E-state index in [1.54, 1.807) is 24.3 Å². The molecule has 14 nitrogen and oxygen atoms in total. The standard InChI is InChI=1S/C23H23N7O7S2/c1-3-8-37-27-16(13-5-4-9-36-13)19(31)24-17-20(32)29-18(22(33)34)12(11-39-21(17)29)10-38-15-7-6-14-25-28(2)23(35)30(14)26-15/h4-7,9,17,21H,3,8,10-11H2,1-2H3,(H,24,31)(H,33,34)/t17?,21-/m0/s1. The highest BCUT2D eigenvalue weighted by atomic mass is 32.2. The van der Waals surface area contributed by atoms with Gasteiger partial charge < -0.3 is 19.7 Å². The summed E-state index contributed by atoms with van der Waals surface area (Å²) < 4.78 is 7.62. The second-order valence-corrected chi connectivity index (χ2v) is 10.6. The zero-order valence-corrected chi connectivity index (χ0v) is 22.4. The Kier molecular flexibility index (Phi) is 7.47. The van der Waals surface area contributed by atoms with Crippen LogP contribution in [0.2, 0.25) is 0 Å². The number of amides is 2. The number of nitrogens with one attached hydrogen (secondary N) is 1. The molecule has 2 N–H and O–H groups in total. The predicted octanol–water partition coefficient (Wildman–Crippen LogP) is 0.683. The fourth-order valence-electron chi connectivity index (χ4n) is 4.00. The van der Waals surface area contributed by atoms with Crippen molar-refractivity contribution in [3.8, 4) is 0 Å². The predicted molar refractivity (Wildman–Crippen MR) is 140 cm³/mol. The van der Waals surface area contributed by atoms with Gasteiger partial charge in [-0.15, -0.1) is 28.6 Å². The molecule has 2 aliphatic rings. The van der Waals surface area contributed by atoms with Gasteiger partial charge in [-0.25, -0.2) is 14.3 Å². The van der Waals surface area contributed by atoms with Crippen LogP contribution in [0.5, 0.6) is 0 Å². The number of aromatic nitrogens is 4. The maximum absolute atomic E-state index is 13.1. The quantitative estimate of drug-likeness (QED) is 0.115. The zero-order valence-electron chi connectivity index (χ0n) is 20.8. The molecule has 5 rings (SSSR count). The largest absolute Gasteiger partial charge is 0.477 e. The molecule has 0 aliphatic carbocycles. The van der Waals surface area contributed by atoms with E-state index in [4.69, 9.17) is 9.25 Å². The Morgan fingerprint density at radius 1 is 1.31 bits per heavy atom. The first-order valence-corrected chi connectivity index (χ1v) is 13.8. The highest BCUT2D eigenvalue weighted by Gasteiger charge is 2.54. The summed E-state index contributed by atoms with van der Waals surface area (Å²) in [6.07, 6.45) is 2.07. The van der Waals surface area contributed by atoms with Crippen LogP contribution >= 0.6 is 23.5 Å². The van der Waals surface area contributed by atoms with E-state index < -0.39 is 34.9 Å². The smallest absolute Gasteiger partial charge is 0.366 e. The van der Waals surface area contributed by atoms with Crippen LogP contribution in [-0.4, -0.2) is 82.4 Å². The van der Waals surface area contributed by atoms with E-state index in [1.807, 2.05) is 6.92 Å². The van der Waals surface area contributed by atoms with Crippen molar-refractivity contribution in [3.63, 3.8) is 0 Å². The number of carboxylic acid groups (broad SMARTS) is 1. The number of carbonyl (C=O) groups is 3. The van der Waals surface area contributed by atoms with Crippen LogP contribution in [0.4, 0.5) is 0 Å². The molecule has 39 heavy (non-hydrogen) atoms. The van der Waals surface area contributed by atoms with E-state index in [1.165, 1.54) is 50.9 Å². The van der Waals surface area contributed by atoms with Crippen LogP contribution in [0.3, 0.4) is 0 Å². The van der Waals surface area contributed by atoms with E-state index in [0.717, 1.165) is 0 Å². The van der Waals surface area contributed by atoms with Gasteiger partial charge in [0.25, 0.3) is 11.8 Å². The number of carbonyl (C=O) groups excluding carboxylic acids is 2. The normalized spacial score (nSPS) is 19.2. The first-order chi connectivity index (χ1) is 18.8. The van der Waals surface area contributed by atoms with Crippen molar-refractivity contribution >= 4 is 52.7 Å². The minimum Gasteiger partial charge on any atom is -0.477 e. The van der Waals surface area contributed by atoms with E-state index in [9.17, 15) is 24.3 Å². The Morgan fingerprint density at radius 2 is 2.13 bits per heavy atom. The lowest BCUT2D eigenvalue weighted by Crippen LogP contribution is -2.71. The molecule has 0 radical (unpaired) electrons. The van der Waals surface area contributed by atoms with Gasteiger partial charge >= 0.3 is 11.7 Å². The average Bonchev–Trinajstić information content (AvgIpc) is 3.55. The summed E-state index contributed by atoms with van der Waals surface area (Å²) in [5.74, 6) is -1.73. The van der Waals surface area contributed by atoms with Gasteiger partial charge in [0.2, 0.25) is 5.71 Å². The third-order valence-electron chi connectivity index (χ3n) is 5.85. The van der Waals surface area contributed by atoms with Gasteiger partial charge in [-0.05, 0) is 36.3 Å². The van der Waals surface area contributed by atoms with Gasteiger partial charge in [0, 0.05) is 18.6 Å². The molecular weight excluding hydrogens is 550 g/mol. The van der Waals surface area contributed by atoms with Crippen molar-refractivity contribution in [1.29, 1.82) is 0 Å². The number of nitrogens with zero attached hydrogens (tertiary/aromatic N) is 6. The third-order valence-corrected chi connectivity index (χ3v) is 8.20. The monoisotopic (exact) mass is 573 g/mol. The number of carboxylic acids is 1. The first-order valence-electron chi connectivity index (χ1n) is 11.8. The van der Waals surface area contributed by atoms with Crippen molar-refractivity contribution in [2.75, 3.05) is 18.1 Å². The van der Waals surface area contributed by atoms with Gasteiger partial charge in [0.05, 0.1) is 6.26 Å². The van der Waals surface area contributed by atoms with Crippen LogP contribution in [0.1, 0.15) is 19.1 Å². The number of hydrogen-bond donors (Lipinski definition) is 2. The summed E-state index contributed by atoms with van der Waals surface area (Å²) in [6, 6.07) is 5.53. The number of rotatable bonds is 10. The summed E-state index contributed by atoms with van der Waals surface area (Å²) in [7, 11) is 1.52. The summed E-state index contributed by atoms with van der Waals surface area (Å²) >= 11 is 2.59. The maximum atomic E-state index is 13.1. The van der Waals surface area contributed by atoms with Crippen LogP contribution in [0, 0.1) is 0 Å². The molecule has 2 atom stereocenters. The van der Waals surface area contributed by atoms with E-state index in [-0.39, 0.29) is 22.9 Å². The van der Waals surface area contributed by atoms with E-state index >= 15 is 0 Å². The van der Waals surface area contributed by atoms with Gasteiger partial charge in [0.15, 0.2) is 11.4 Å². The van der Waals surface area contributed by atoms with Crippen LogP contribution in [0.25, 0.3) is 5.65 Å². The number of thioether (sulfide) groups is 2. The number of furan rings is 1. The van der Waals surface area contributed by atoms with Crippen molar-refractivity contribution < 1.29 is 28.7 Å². The lowest BCUT2D eigenvalue weighted by atomic mass is 10.0. The second kappa shape index (κ2) is 11.0. The number of β-lactam (4-membered cyclic amide) rings is 1. The van der Waals surface area contributed by atoms with Crippen LogP contribution in [0.15, 0.2) is 61.2 Å². The molecule has 0 aromatic carbocycles. The Balaban J connectivity index is 1.31. The lowest BCUT2D eigenvalue weighted by molar-refractivity contribution is -0.150. The molecule has 3 aromatic heterocycles. The van der Waals surface area contributed by atoms with Crippen molar-refractivity contribution in [2.24, 2.45) is 12.2 Å². The molecule has 0 spiro atoms. The fourth-order valence-corrected chi connectivity index (χ4v) is 6.34. The Bertz CT molecular complexity index is 1560. The number of aliphatic carboxylic acids is 1. The molecular formula is C23H23N7O7S2. The highest BCUT2D eigenvalue weighted by molar-refractivity contribution is 8.01. The van der Waals surface area contributed by atoms with Gasteiger partial charge in [-0.2, -0.15) is 9.61 Å². The summed E-state index contributed by atoms with van der Waals surface area (Å²) in [5, 5.41) is 24.7. The molecule has 2 amide bonds. The van der Waals surface area contributed by atoms with Crippen LogP contribution in [-0.2, 0) is 26.3 Å². The second-order valence-electron chi connectivity index (χ2n) is 8.51. The fraction of sp³-hybridized carbons (Fsp3) is 0.348. The number of oxime groups is 1. The van der Waals surface area contributed by atoms with Crippen molar-refractivity contribution in [2.45, 2.75) is 29.8 Å². The minimum absolute atomic E-state index is 0.118. The summed E-state index contributed by atoms with van der Waals surface area (Å²) in [5.41, 5.74) is 0.282. The van der Waals surface area contributed by atoms with Crippen LogP contribution < -0.4 is 11.0 Å². The molecule has 1 unspecified atom stereocenters. The maximum Gasteiger partial charge on any atom is 0.366 e. The minimum atomic E-state index is -1.24. The molecule has 0 saturated carbocycles. The number of hydrogen-bond acceptors (Lipinski definition) is 11. The SMILES string of the molecule is CCCON=C(C(=O)NC1C(=O)N2C(C(=O)O)=C(CSc3ccc4nn(C)c(=O)n4n3)CS[C@@H]12)c1ccco1. The Morgan fingerprint density at radius 3 is 2.85 bits per heavy atom. The first kappa shape index (κ1) is 26.6. The van der Waals surface area contributed by atoms with Crippen molar-refractivity contribution in [1.82, 2.24) is 29.6 Å². The Labute approximate surface area is 229 Å². The molecule has 5 heterocycles. The number of aryl methyl sites for hydroxylation is 1. The Hall–Kier alpha value is -4.05. The summed E-state index contributed by atoms with van der Waals surface area (Å²) in [6.45, 7) is 2.18.